The van der Waals surface area contributed by atoms with E-state index in [1.807, 2.05) is 12.1 Å². The van der Waals surface area contributed by atoms with Crippen LogP contribution >= 0.6 is 11.6 Å². The van der Waals surface area contributed by atoms with Gasteiger partial charge < -0.3 is 4.52 Å². The van der Waals surface area contributed by atoms with Crippen molar-refractivity contribution >= 4 is 21.8 Å². The molecule has 1 aromatic carbocycles. The number of nitrogens with one attached hydrogen (secondary N) is 2. The van der Waals surface area contributed by atoms with Crippen LogP contribution in [0.4, 0.5) is 0 Å². The van der Waals surface area contributed by atoms with Gasteiger partial charge in [-0.3, -0.25) is 0 Å². The summed E-state index contributed by atoms with van der Waals surface area (Å²) in [5, 5.41) is 4.55. The van der Waals surface area contributed by atoms with Crippen LogP contribution in [-0.4, -0.2) is 27.2 Å². The maximum absolute atomic E-state index is 11.2. The van der Waals surface area contributed by atoms with E-state index in [4.69, 9.17) is 16.1 Å². The zero-order valence-corrected chi connectivity index (χ0v) is 12.3. The van der Waals surface area contributed by atoms with E-state index in [-0.39, 0.29) is 6.54 Å². The smallest absolute Gasteiger partial charge is 0.276 e. The van der Waals surface area contributed by atoms with Crippen LogP contribution in [0.1, 0.15) is 5.69 Å². The number of halogens is 1. The van der Waals surface area contributed by atoms with Gasteiger partial charge in [0.25, 0.3) is 10.2 Å². The molecule has 0 saturated carbocycles. The summed E-state index contributed by atoms with van der Waals surface area (Å²) in [5.74, 6) is 0.619. The van der Waals surface area contributed by atoms with Crippen LogP contribution in [0.2, 0.25) is 5.02 Å². The van der Waals surface area contributed by atoms with Gasteiger partial charge in [-0.25, -0.2) is 9.44 Å². The van der Waals surface area contributed by atoms with Crippen LogP contribution in [0, 0.1) is 0 Å². The average Bonchev–Trinajstić information content (AvgIpc) is 2.88. The van der Waals surface area contributed by atoms with Gasteiger partial charge in [-0.05, 0) is 24.3 Å². The van der Waals surface area contributed by atoms with Gasteiger partial charge in [-0.15, -0.1) is 0 Å². The van der Waals surface area contributed by atoms with E-state index in [1.165, 1.54) is 7.05 Å². The van der Waals surface area contributed by atoms with E-state index < -0.39 is 10.2 Å². The largest absolute Gasteiger partial charge is 0.356 e. The lowest BCUT2D eigenvalue weighted by Gasteiger charge is -2.02. The van der Waals surface area contributed by atoms with Crippen molar-refractivity contribution in [3.05, 3.63) is 41.0 Å². The van der Waals surface area contributed by atoms with Crippen molar-refractivity contribution in [2.45, 2.75) is 6.42 Å². The number of hydrogen-bond donors (Lipinski definition) is 2. The van der Waals surface area contributed by atoms with Gasteiger partial charge in [0, 0.05) is 36.7 Å². The average molecular weight is 316 g/mol. The van der Waals surface area contributed by atoms with E-state index in [0.29, 0.717) is 22.9 Å². The highest BCUT2D eigenvalue weighted by molar-refractivity contribution is 7.87. The summed E-state index contributed by atoms with van der Waals surface area (Å²) >= 11 is 5.81. The number of rotatable bonds is 6. The van der Waals surface area contributed by atoms with E-state index in [2.05, 4.69) is 14.6 Å². The molecule has 6 nitrogen and oxygen atoms in total. The topological polar surface area (TPSA) is 84.2 Å². The second-order valence-corrected chi connectivity index (χ2v) is 6.18. The lowest BCUT2D eigenvalue weighted by atomic mass is 10.1. The molecule has 0 amide bonds. The van der Waals surface area contributed by atoms with Crippen LogP contribution in [0.3, 0.4) is 0 Å². The molecule has 2 rings (SSSR count). The van der Waals surface area contributed by atoms with Crippen molar-refractivity contribution in [1.29, 1.82) is 0 Å². The molecule has 0 aliphatic carbocycles. The third-order valence-electron chi connectivity index (χ3n) is 2.63. The number of hydrogen-bond acceptors (Lipinski definition) is 4. The molecule has 0 radical (unpaired) electrons. The molecule has 0 unspecified atom stereocenters. The molecule has 0 bridgehead atoms. The zero-order chi connectivity index (χ0) is 14.6. The Balaban J connectivity index is 1.97. The van der Waals surface area contributed by atoms with Crippen LogP contribution in [0.25, 0.3) is 11.3 Å². The van der Waals surface area contributed by atoms with Crippen molar-refractivity contribution in [3.8, 4) is 11.3 Å². The van der Waals surface area contributed by atoms with Gasteiger partial charge in [0.2, 0.25) is 0 Å². The summed E-state index contributed by atoms with van der Waals surface area (Å²) < 4.78 is 32.1. The van der Waals surface area contributed by atoms with Gasteiger partial charge in [0.15, 0.2) is 5.76 Å². The van der Waals surface area contributed by atoms with Crippen molar-refractivity contribution in [2.24, 2.45) is 0 Å². The molecular formula is C12H14ClN3O3S. The Morgan fingerprint density at radius 2 is 2.00 bits per heavy atom. The van der Waals surface area contributed by atoms with Gasteiger partial charge in [0.05, 0.1) is 5.69 Å². The minimum atomic E-state index is -3.41. The molecule has 2 N–H and O–H groups in total. The molecule has 0 atom stereocenters. The molecule has 1 aromatic heterocycles. The fourth-order valence-electron chi connectivity index (χ4n) is 1.57. The summed E-state index contributed by atoms with van der Waals surface area (Å²) in [7, 11) is -2.07. The Morgan fingerprint density at radius 1 is 1.30 bits per heavy atom. The Morgan fingerprint density at radius 3 is 2.65 bits per heavy atom. The minimum Gasteiger partial charge on any atom is -0.356 e. The summed E-state index contributed by atoms with van der Waals surface area (Å²) in [6, 6.07) is 8.96. The van der Waals surface area contributed by atoms with Gasteiger partial charge in [0.1, 0.15) is 0 Å². The third kappa shape index (κ3) is 4.04. The zero-order valence-electron chi connectivity index (χ0n) is 10.8. The second-order valence-electron chi connectivity index (χ2n) is 4.04. The molecule has 108 valence electrons. The van der Waals surface area contributed by atoms with E-state index in [1.54, 1.807) is 18.2 Å². The Bertz CT molecular complexity index is 668. The highest BCUT2D eigenvalue weighted by Gasteiger charge is 2.09. The summed E-state index contributed by atoms with van der Waals surface area (Å²) in [6.07, 6.45) is 0.442. The van der Waals surface area contributed by atoms with Crippen molar-refractivity contribution in [3.63, 3.8) is 0 Å². The standard InChI is InChI=1S/C12H14ClN3O3S/c1-14-20(17,18)15-7-6-11-8-12(19-16-11)9-2-4-10(13)5-3-9/h2-5,8,14-15H,6-7H2,1H3. The van der Waals surface area contributed by atoms with Crippen LogP contribution in [0.15, 0.2) is 34.9 Å². The Kier molecular flexibility index (Phi) is 4.77. The van der Waals surface area contributed by atoms with Gasteiger partial charge in [-0.2, -0.15) is 8.42 Å². The fourth-order valence-corrected chi connectivity index (χ4v) is 2.21. The molecule has 0 aliphatic heterocycles. The van der Waals surface area contributed by atoms with Crippen molar-refractivity contribution in [2.75, 3.05) is 13.6 Å². The quantitative estimate of drug-likeness (QED) is 0.848. The van der Waals surface area contributed by atoms with E-state index in [0.717, 1.165) is 5.56 Å². The highest BCUT2D eigenvalue weighted by Crippen LogP contribution is 2.22. The monoisotopic (exact) mass is 315 g/mol. The number of nitrogens with zero attached hydrogens (tertiary/aromatic N) is 1. The SMILES string of the molecule is CNS(=O)(=O)NCCc1cc(-c2ccc(Cl)cc2)on1. The molecule has 2 aromatic rings. The maximum Gasteiger partial charge on any atom is 0.276 e. The lowest BCUT2D eigenvalue weighted by molar-refractivity contribution is 0.423. The van der Waals surface area contributed by atoms with Crippen LogP contribution in [-0.2, 0) is 16.6 Å². The summed E-state index contributed by atoms with van der Waals surface area (Å²) in [5.41, 5.74) is 1.54. The first-order valence-electron chi connectivity index (χ1n) is 5.90. The summed E-state index contributed by atoms with van der Waals surface area (Å²) in [4.78, 5) is 0. The normalized spacial score (nSPS) is 11.7. The molecule has 0 spiro atoms. The fraction of sp³-hybridized carbons (Fsp3) is 0.250. The summed E-state index contributed by atoms with van der Waals surface area (Å²) in [6.45, 7) is 0.246. The first-order chi connectivity index (χ1) is 9.50. The van der Waals surface area contributed by atoms with Gasteiger partial charge >= 0.3 is 0 Å². The molecular weight excluding hydrogens is 302 g/mol. The second kappa shape index (κ2) is 6.36. The first kappa shape index (κ1) is 15.0. The molecule has 0 fully saturated rings. The van der Waals surface area contributed by atoms with E-state index in [9.17, 15) is 8.42 Å². The van der Waals surface area contributed by atoms with Crippen LogP contribution < -0.4 is 9.44 Å². The molecule has 0 saturated heterocycles. The maximum atomic E-state index is 11.2. The predicted octanol–water partition coefficient (Wildman–Crippen LogP) is 1.59. The predicted molar refractivity (Wildman–Crippen MR) is 76.6 cm³/mol. The van der Waals surface area contributed by atoms with E-state index >= 15 is 0 Å². The Hall–Kier alpha value is -1.41. The first-order valence-corrected chi connectivity index (χ1v) is 7.76. The lowest BCUT2D eigenvalue weighted by Crippen LogP contribution is -2.35. The van der Waals surface area contributed by atoms with Crippen molar-refractivity contribution in [1.82, 2.24) is 14.6 Å². The molecule has 20 heavy (non-hydrogen) atoms. The Labute approximate surface area is 122 Å². The number of benzene rings is 1. The highest BCUT2D eigenvalue weighted by atomic mass is 35.5. The van der Waals surface area contributed by atoms with Crippen LogP contribution in [0.5, 0.6) is 0 Å². The minimum absolute atomic E-state index is 0.246. The molecule has 8 heteroatoms. The molecule has 0 aliphatic rings. The third-order valence-corrected chi connectivity index (χ3v) is 4.00. The van der Waals surface area contributed by atoms with Gasteiger partial charge in [-0.1, -0.05) is 16.8 Å². The molecule has 1 heterocycles. The van der Waals surface area contributed by atoms with Crippen molar-refractivity contribution < 1.29 is 12.9 Å². The number of aromatic nitrogens is 1.